The first-order valence-electron chi connectivity index (χ1n) is 9.13. The number of nitrogens with one attached hydrogen (secondary N) is 1. The molecule has 1 amide bonds. The Morgan fingerprint density at radius 1 is 1.09 bits per heavy atom. The molecule has 1 unspecified atom stereocenters. The lowest BCUT2D eigenvalue weighted by molar-refractivity contribution is -0.142. The number of carbonyl (C=O) groups excluding carboxylic acids is 1. The second kappa shape index (κ2) is 8.54. The fraction of sp³-hybridized carbons (Fsp3) is 0.889. The van der Waals surface area contributed by atoms with E-state index in [1.807, 2.05) is 0 Å². The van der Waals surface area contributed by atoms with Gasteiger partial charge in [0.15, 0.2) is 0 Å². The first-order valence-corrected chi connectivity index (χ1v) is 9.13. The molecule has 0 aliphatic heterocycles. The van der Waals surface area contributed by atoms with E-state index in [0.29, 0.717) is 12.8 Å². The summed E-state index contributed by atoms with van der Waals surface area (Å²) in [6.45, 7) is 2.15. The van der Waals surface area contributed by atoms with E-state index in [-0.39, 0.29) is 23.8 Å². The molecule has 4 nitrogen and oxygen atoms in total. The van der Waals surface area contributed by atoms with Gasteiger partial charge in [0.05, 0.1) is 5.92 Å². The maximum absolute atomic E-state index is 12.6. The molecule has 0 aromatic carbocycles. The van der Waals surface area contributed by atoms with Crippen molar-refractivity contribution in [3.05, 3.63) is 0 Å². The van der Waals surface area contributed by atoms with Crippen molar-refractivity contribution >= 4 is 11.9 Å². The van der Waals surface area contributed by atoms with Gasteiger partial charge in [-0.05, 0) is 44.4 Å². The van der Waals surface area contributed by atoms with Crippen LogP contribution in [0.25, 0.3) is 0 Å². The number of carboxylic acids is 1. The smallest absolute Gasteiger partial charge is 0.306 e. The minimum atomic E-state index is -0.685. The standard InChI is InChI=1S/C18H31NO3/c1-2-5-15(12-13-6-3-4-7-13)17(20)19-16-10-8-14(9-11-16)18(21)22/h13-16H,2-12H2,1H3,(H,19,20)(H,21,22). The van der Waals surface area contributed by atoms with Gasteiger partial charge in [0, 0.05) is 12.0 Å². The third-order valence-electron chi connectivity index (χ3n) is 5.52. The molecular formula is C18H31NO3. The molecule has 1 atom stereocenters. The predicted molar refractivity (Wildman–Crippen MR) is 86.5 cm³/mol. The van der Waals surface area contributed by atoms with Crippen LogP contribution >= 0.6 is 0 Å². The quantitative estimate of drug-likeness (QED) is 0.753. The average Bonchev–Trinajstić information content (AvgIpc) is 3.00. The van der Waals surface area contributed by atoms with Crippen LogP contribution in [0.3, 0.4) is 0 Å². The summed E-state index contributed by atoms with van der Waals surface area (Å²) in [5.41, 5.74) is 0. The summed E-state index contributed by atoms with van der Waals surface area (Å²) in [5, 5.41) is 12.2. The van der Waals surface area contributed by atoms with Crippen LogP contribution in [0.1, 0.15) is 77.6 Å². The maximum Gasteiger partial charge on any atom is 0.306 e. The molecule has 0 aromatic heterocycles. The van der Waals surface area contributed by atoms with Crippen LogP contribution in [-0.2, 0) is 9.59 Å². The molecule has 0 radical (unpaired) electrons. The van der Waals surface area contributed by atoms with Gasteiger partial charge in [0.1, 0.15) is 0 Å². The summed E-state index contributed by atoms with van der Waals surface area (Å²) in [6.07, 6.45) is 11.3. The van der Waals surface area contributed by atoms with Crippen LogP contribution in [0.5, 0.6) is 0 Å². The highest BCUT2D eigenvalue weighted by molar-refractivity contribution is 5.79. The minimum Gasteiger partial charge on any atom is -0.481 e. The maximum atomic E-state index is 12.6. The lowest BCUT2D eigenvalue weighted by atomic mass is 9.85. The van der Waals surface area contributed by atoms with Crippen LogP contribution in [0.4, 0.5) is 0 Å². The van der Waals surface area contributed by atoms with Gasteiger partial charge in [-0.15, -0.1) is 0 Å². The average molecular weight is 309 g/mol. The summed E-state index contributed by atoms with van der Waals surface area (Å²) in [6, 6.07) is 0.186. The van der Waals surface area contributed by atoms with Gasteiger partial charge in [-0.25, -0.2) is 0 Å². The van der Waals surface area contributed by atoms with Gasteiger partial charge in [-0.1, -0.05) is 39.0 Å². The molecule has 4 heteroatoms. The molecule has 0 bridgehead atoms. The Kier molecular flexibility index (Phi) is 6.71. The first kappa shape index (κ1) is 17.3. The highest BCUT2D eigenvalue weighted by atomic mass is 16.4. The van der Waals surface area contributed by atoms with Gasteiger partial charge in [0.2, 0.25) is 5.91 Å². The van der Waals surface area contributed by atoms with E-state index in [1.54, 1.807) is 0 Å². The molecule has 2 fully saturated rings. The molecule has 22 heavy (non-hydrogen) atoms. The van der Waals surface area contributed by atoms with Crippen molar-refractivity contribution in [2.45, 2.75) is 83.6 Å². The SMILES string of the molecule is CCCC(CC1CCCC1)C(=O)NC1CCC(C(=O)O)CC1. The van der Waals surface area contributed by atoms with Crippen molar-refractivity contribution in [2.75, 3.05) is 0 Å². The number of carboxylic acid groups (broad SMARTS) is 1. The second-order valence-electron chi connectivity index (χ2n) is 7.27. The fourth-order valence-electron chi connectivity index (χ4n) is 4.16. The normalized spacial score (nSPS) is 27.5. The number of aliphatic carboxylic acids is 1. The molecule has 2 N–H and O–H groups in total. The summed E-state index contributed by atoms with van der Waals surface area (Å²) in [5.74, 6) is 0.218. The Morgan fingerprint density at radius 3 is 2.27 bits per heavy atom. The van der Waals surface area contributed by atoms with Crippen molar-refractivity contribution in [1.29, 1.82) is 0 Å². The van der Waals surface area contributed by atoms with Crippen molar-refractivity contribution in [3.63, 3.8) is 0 Å². The molecule has 0 saturated heterocycles. The van der Waals surface area contributed by atoms with Crippen molar-refractivity contribution in [3.8, 4) is 0 Å². The van der Waals surface area contributed by atoms with Crippen LogP contribution in [0.2, 0.25) is 0 Å². The highest BCUT2D eigenvalue weighted by Gasteiger charge is 2.29. The number of amides is 1. The van der Waals surface area contributed by atoms with Gasteiger partial charge in [-0.2, -0.15) is 0 Å². The van der Waals surface area contributed by atoms with E-state index < -0.39 is 5.97 Å². The van der Waals surface area contributed by atoms with Crippen molar-refractivity contribution < 1.29 is 14.7 Å². The van der Waals surface area contributed by atoms with Crippen molar-refractivity contribution in [2.24, 2.45) is 17.8 Å². The van der Waals surface area contributed by atoms with Crippen LogP contribution in [-0.4, -0.2) is 23.0 Å². The van der Waals surface area contributed by atoms with Crippen LogP contribution < -0.4 is 5.32 Å². The summed E-state index contributed by atoms with van der Waals surface area (Å²) >= 11 is 0. The molecule has 0 spiro atoms. The Bertz CT molecular complexity index is 369. The van der Waals surface area contributed by atoms with Gasteiger partial charge in [0.25, 0.3) is 0 Å². The Labute approximate surface area is 134 Å². The molecule has 0 heterocycles. The lowest BCUT2D eigenvalue weighted by Gasteiger charge is -2.29. The number of carbonyl (C=O) groups is 2. The molecule has 2 rings (SSSR count). The zero-order chi connectivity index (χ0) is 15.9. The number of rotatable bonds is 7. The lowest BCUT2D eigenvalue weighted by Crippen LogP contribution is -2.42. The van der Waals surface area contributed by atoms with E-state index in [0.717, 1.165) is 38.0 Å². The zero-order valence-electron chi connectivity index (χ0n) is 13.9. The summed E-state index contributed by atoms with van der Waals surface area (Å²) in [7, 11) is 0. The highest BCUT2D eigenvalue weighted by Crippen LogP contribution is 2.32. The molecule has 2 aliphatic rings. The van der Waals surface area contributed by atoms with Crippen LogP contribution in [0.15, 0.2) is 0 Å². The van der Waals surface area contributed by atoms with Gasteiger partial charge >= 0.3 is 5.97 Å². The molecule has 0 aromatic rings. The van der Waals surface area contributed by atoms with E-state index in [9.17, 15) is 9.59 Å². The first-order chi connectivity index (χ1) is 10.6. The zero-order valence-corrected chi connectivity index (χ0v) is 13.9. The van der Waals surface area contributed by atoms with Crippen molar-refractivity contribution in [1.82, 2.24) is 5.32 Å². The number of hydrogen-bond donors (Lipinski definition) is 2. The Hall–Kier alpha value is -1.06. The second-order valence-corrected chi connectivity index (χ2v) is 7.27. The van der Waals surface area contributed by atoms with Gasteiger partial charge in [-0.3, -0.25) is 9.59 Å². The summed E-state index contributed by atoms with van der Waals surface area (Å²) < 4.78 is 0. The monoisotopic (exact) mass is 309 g/mol. The Morgan fingerprint density at radius 2 is 1.73 bits per heavy atom. The fourth-order valence-corrected chi connectivity index (χ4v) is 4.16. The third kappa shape index (κ3) is 4.99. The molecular weight excluding hydrogens is 278 g/mol. The van der Waals surface area contributed by atoms with Crippen LogP contribution in [0, 0.1) is 17.8 Å². The largest absolute Gasteiger partial charge is 0.481 e. The molecule has 126 valence electrons. The third-order valence-corrected chi connectivity index (χ3v) is 5.52. The number of hydrogen-bond acceptors (Lipinski definition) is 2. The minimum absolute atomic E-state index is 0.158. The van der Waals surface area contributed by atoms with E-state index in [2.05, 4.69) is 12.2 Å². The topological polar surface area (TPSA) is 66.4 Å². The van der Waals surface area contributed by atoms with Gasteiger partial charge < -0.3 is 10.4 Å². The molecule has 2 aliphatic carbocycles. The molecule has 2 saturated carbocycles. The Balaban J connectivity index is 1.79. The predicted octanol–water partition coefficient (Wildman–Crippen LogP) is 3.74. The van der Waals surface area contributed by atoms with E-state index in [1.165, 1.54) is 25.7 Å². The summed E-state index contributed by atoms with van der Waals surface area (Å²) in [4.78, 5) is 23.6. The van der Waals surface area contributed by atoms with E-state index in [4.69, 9.17) is 5.11 Å². The van der Waals surface area contributed by atoms with E-state index >= 15 is 0 Å².